The van der Waals surface area contributed by atoms with Crippen molar-refractivity contribution in [3.05, 3.63) is 29.8 Å². The molecular formula is C19H29N3O2S. The van der Waals surface area contributed by atoms with Crippen LogP contribution in [0.5, 0.6) is 0 Å². The van der Waals surface area contributed by atoms with Gasteiger partial charge in [0.1, 0.15) is 0 Å². The third-order valence-electron chi connectivity index (χ3n) is 4.22. The zero-order valence-electron chi connectivity index (χ0n) is 15.1. The summed E-state index contributed by atoms with van der Waals surface area (Å²) in [4.78, 5) is 26.1. The van der Waals surface area contributed by atoms with Gasteiger partial charge in [0.2, 0.25) is 11.8 Å². The van der Waals surface area contributed by atoms with Gasteiger partial charge in [-0.05, 0) is 58.0 Å². The molecule has 0 atom stereocenters. The van der Waals surface area contributed by atoms with Crippen molar-refractivity contribution in [1.82, 2.24) is 10.2 Å². The number of aryl methyl sites for hydroxylation is 1. The lowest BCUT2D eigenvalue weighted by Gasteiger charge is -2.26. The highest BCUT2D eigenvalue weighted by atomic mass is 32.2. The molecule has 2 amide bonds. The van der Waals surface area contributed by atoms with E-state index in [0.29, 0.717) is 12.3 Å². The maximum atomic E-state index is 11.8. The van der Waals surface area contributed by atoms with Gasteiger partial charge in [0.15, 0.2) is 0 Å². The van der Waals surface area contributed by atoms with E-state index in [1.807, 2.05) is 31.2 Å². The second kappa shape index (κ2) is 11.2. The number of anilines is 1. The smallest absolute Gasteiger partial charge is 0.234 e. The third kappa shape index (κ3) is 8.40. The second-order valence-electron chi connectivity index (χ2n) is 6.51. The molecule has 0 unspecified atom stereocenters. The molecule has 0 aliphatic carbocycles. The standard InChI is InChI=1S/C19H29N3O2S/c1-16-6-8-17(9-7-16)21-19(24)15-25-14-18(23)20-10-5-13-22-11-3-2-4-12-22/h6-9H,2-5,10-15H2,1H3,(H,20,23)(H,21,24). The molecule has 1 heterocycles. The van der Waals surface area contributed by atoms with Crippen LogP contribution in [-0.2, 0) is 9.59 Å². The predicted octanol–water partition coefficient (Wildman–Crippen LogP) is 2.66. The summed E-state index contributed by atoms with van der Waals surface area (Å²) in [7, 11) is 0. The van der Waals surface area contributed by atoms with E-state index in [1.54, 1.807) is 0 Å². The van der Waals surface area contributed by atoms with Crippen LogP contribution in [0.2, 0.25) is 0 Å². The zero-order valence-corrected chi connectivity index (χ0v) is 15.9. The van der Waals surface area contributed by atoms with Gasteiger partial charge < -0.3 is 15.5 Å². The van der Waals surface area contributed by atoms with Crippen LogP contribution < -0.4 is 10.6 Å². The predicted molar refractivity (Wildman–Crippen MR) is 105 cm³/mol. The summed E-state index contributed by atoms with van der Waals surface area (Å²) < 4.78 is 0. The highest BCUT2D eigenvalue weighted by Crippen LogP contribution is 2.10. The van der Waals surface area contributed by atoms with Crippen LogP contribution in [0.4, 0.5) is 5.69 Å². The van der Waals surface area contributed by atoms with Crippen LogP contribution in [-0.4, -0.2) is 54.4 Å². The minimum atomic E-state index is -0.0771. The average Bonchev–Trinajstić information content (AvgIpc) is 2.62. The lowest BCUT2D eigenvalue weighted by Crippen LogP contribution is -2.33. The van der Waals surface area contributed by atoms with E-state index >= 15 is 0 Å². The van der Waals surface area contributed by atoms with Gasteiger partial charge in [-0.2, -0.15) is 0 Å². The molecule has 1 fully saturated rings. The van der Waals surface area contributed by atoms with E-state index in [-0.39, 0.29) is 17.6 Å². The fourth-order valence-corrected chi connectivity index (χ4v) is 3.48. The number of benzene rings is 1. The molecule has 0 bridgehead atoms. The van der Waals surface area contributed by atoms with Crippen molar-refractivity contribution in [2.24, 2.45) is 0 Å². The number of nitrogens with zero attached hydrogens (tertiary/aromatic N) is 1. The Morgan fingerprint density at radius 3 is 2.44 bits per heavy atom. The third-order valence-corrected chi connectivity index (χ3v) is 5.16. The molecule has 138 valence electrons. The van der Waals surface area contributed by atoms with Gasteiger partial charge in [-0.15, -0.1) is 11.8 Å². The first-order valence-corrected chi connectivity index (χ1v) is 10.2. The van der Waals surface area contributed by atoms with E-state index in [1.165, 1.54) is 44.1 Å². The van der Waals surface area contributed by atoms with Crippen molar-refractivity contribution in [3.63, 3.8) is 0 Å². The Kier molecular flexibility index (Phi) is 8.83. The van der Waals surface area contributed by atoms with Crippen molar-refractivity contribution in [2.75, 3.05) is 43.0 Å². The molecule has 0 radical (unpaired) electrons. The highest BCUT2D eigenvalue weighted by molar-refractivity contribution is 8.00. The Balaban J connectivity index is 1.49. The molecule has 0 aromatic heterocycles. The Bertz CT molecular complexity index is 542. The molecule has 1 aliphatic heterocycles. The first kappa shape index (κ1) is 19.8. The molecule has 1 aromatic rings. The number of amides is 2. The normalized spacial score (nSPS) is 14.9. The number of carbonyl (C=O) groups excluding carboxylic acids is 2. The van der Waals surface area contributed by atoms with Crippen molar-refractivity contribution >= 4 is 29.3 Å². The van der Waals surface area contributed by atoms with Gasteiger partial charge in [-0.1, -0.05) is 24.1 Å². The summed E-state index contributed by atoms with van der Waals surface area (Å²) in [5.41, 5.74) is 1.95. The van der Waals surface area contributed by atoms with Crippen LogP contribution >= 0.6 is 11.8 Å². The highest BCUT2D eigenvalue weighted by Gasteiger charge is 2.10. The molecular weight excluding hydrogens is 334 g/mol. The second-order valence-corrected chi connectivity index (χ2v) is 7.50. The lowest BCUT2D eigenvalue weighted by atomic mass is 10.1. The van der Waals surface area contributed by atoms with Gasteiger partial charge in [-0.3, -0.25) is 9.59 Å². The van der Waals surface area contributed by atoms with E-state index in [4.69, 9.17) is 0 Å². The van der Waals surface area contributed by atoms with Crippen LogP contribution in [0, 0.1) is 6.92 Å². The van der Waals surface area contributed by atoms with Crippen molar-refractivity contribution < 1.29 is 9.59 Å². The maximum absolute atomic E-state index is 11.8. The molecule has 1 saturated heterocycles. The van der Waals surface area contributed by atoms with Crippen molar-refractivity contribution in [2.45, 2.75) is 32.6 Å². The molecule has 0 saturated carbocycles. The molecule has 1 aromatic carbocycles. The Hall–Kier alpha value is -1.53. The Labute approximate surface area is 154 Å². The number of hydrogen-bond acceptors (Lipinski definition) is 4. The zero-order chi connectivity index (χ0) is 17.9. The summed E-state index contributed by atoms with van der Waals surface area (Å²) in [6.07, 6.45) is 4.94. The SMILES string of the molecule is Cc1ccc(NC(=O)CSCC(=O)NCCCN2CCCCC2)cc1. The van der Waals surface area contributed by atoms with Gasteiger partial charge in [0, 0.05) is 12.2 Å². The van der Waals surface area contributed by atoms with E-state index in [0.717, 1.165) is 24.2 Å². The van der Waals surface area contributed by atoms with Gasteiger partial charge in [0.25, 0.3) is 0 Å². The monoisotopic (exact) mass is 363 g/mol. The summed E-state index contributed by atoms with van der Waals surface area (Å²) >= 11 is 1.34. The van der Waals surface area contributed by atoms with E-state index in [9.17, 15) is 9.59 Å². The van der Waals surface area contributed by atoms with Gasteiger partial charge in [-0.25, -0.2) is 0 Å². The van der Waals surface area contributed by atoms with Gasteiger partial charge >= 0.3 is 0 Å². The minimum absolute atomic E-state index is 0.00628. The Morgan fingerprint density at radius 2 is 1.72 bits per heavy atom. The van der Waals surface area contributed by atoms with Crippen LogP contribution in [0.1, 0.15) is 31.2 Å². The molecule has 6 heteroatoms. The van der Waals surface area contributed by atoms with Crippen molar-refractivity contribution in [1.29, 1.82) is 0 Å². The minimum Gasteiger partial charge on any atom is -0.355 e. The molecule has 25 heavy (non-hydrogen) atoms. The van der Waals surface area contributed by atoms with Crippen LogP contribution in [0.15, 0.2) is 24.3 Å². The topological polar surface area (TPSA) is 61.4 Å². The summed E-state index contributed by atoms with van der Waals surface area (Å²) in [6.45, 7) is 6.17. The van der Waals surface area contributed by atoms with Gasteiger partial charge in [0.05, 0.1) is 11.5 Å². The number of piperidine rings is 1. The number of thioether (sulfide) groups is 1. The fourth-order valence-electron chi connectivity index (χ4n) is 2.83. The molecule has 1 aliphatic rings. The summed E-state index contributed by atoms with van der Waals surface area (Å²) in [5.74, 6) is 0.540. The molecule has 2 N–H and O–H groups in total. The number of hydrogen-bond donors (Lipinski definition) is 2. The largest absolute Gasteiger partial charge is 0.355 e. The van der Waals surface area contributed by atoms with E-state index in [2.05, 4.69) is 15.5 Å². The first-order valence-electron chi connectivity index (χ1n) is 9.07. The summed E-state index contributed by atoms with van der Waals surface area (Å²) in [6, 6.07) is 7.68. The lowest BCUT2D eigenvalue weighted by molar-refractivity contribution is -0.118. The maximum Gasteiger partial charge on any atom is 0.234 e. The molecule has 5 nitrogen and oxygen atoms in total. The fraction of sp³-hybridized carbons (Fsp3) is 0.579. The summed E-state index contributed by atoms with van der Waals surface area (Å²) in [5, 5.41) is 5.77. The van der Waals surface area contributed by atoms with E-state index < -0.39 is 0 Å². The van der Waals surface area contributed by atoms with Crippen molar-refractivity contribution in [3.8, 4) is 0 Å². The number of carbonyl (C=O) groups is 2. The molecule has 0 spiro atoms. The Morgan fingerprint density at radius 1 is 1.04 bits per heavy atom. The average molecular weight is 364 g/mol. The van der Waals surface area contributed by atoms with Crippen LogP contribution in [0.25, 0.3) is 0 Å². The quantitative estimate of drug-likeness (QED) is 0.662. The molecule has 2 rings (SSSR count). The number of likely N-dealkylation sites (tertiary alicyclic amines) is 1. The first-order chi connectivity index (χ1) is 12.1. The number of nitrogens with one attached hydrogen (secondary N) is 2. The number of rotatable bonds is 9. The van der Waals surface area contributed by atoms with Crippen LogP contribution in [0.3, 0.4) is 0 Å².